The van der Waals surface area contributed by atoms with Crippen LogP contribution in [0.15, 0.2) is 4.99 Å². The van der Waals surface area contributed by atoms with Gasteiger partial charge in [0.2, 0.25) is 0 Å². The molecule has 0 saturated heterocycles. The van der Waals surface area contributed by atoms with Crippen molar-refractivity contribution in [1.82, 2.24) is 5.32 Å². The molecule has 0 aliphatic carbocycles. The quantitative estimate of drug-likeness (QED) is 0.492. The summed E-state index contributed by atoms with van der Waals surface area (Å²) < 4.78 is 0. The highest BCUT2D eigenvalue weighted by atomic mass is 15.2. The van der Waals surface area contributed by atoms with Crippen LogP contribution in [0.25, 0.3) is 0 Å². The molecule has 1 heterocycles. The third-order valence-corrected chi connectivity index (χ3v) is 1.20. The Morgan fingerprint density at radius 2 is 2.25 bits per heavy atom. The maximum atomic E-state index is 4.15. The Balaban J connectivity index is 2.58. The molecule has 1 rings (SSSR count). The molecule has 1 atom stereocenters. The van der Waals surface area contributed by atoms with Crippen molar-refractivity contribution in [3.63, 3.8) is 0 Å². The molecular formula is C6H12N2. The predicted molar refractivity (Wildman–Crippen MR) is 35.2 cm³/mol. The van der Waals surface area contributed by atoms with Crippen molar-refractivity contribution >= 4 is 6.21 Å². The average molecular weight is 112 g/mol. The standard InChI is InChI=1S/C6H12N2/c1-5-7-4-6(2,3)8-5/h4-5,8H,1-3H3. The first-order valence-electron chi connectivity index (χ1n) is 2.92. The summed E-state index contributed by atoms with van der Waals surface area (Å²) in [5.41, 5.74) is 0.124. The molecule has 0 amide bonds. The zero-order valence-corrected chi connectivity index (χ0v) is 5.60. The molecular weight excluding hydrogens is 100 g/mol. The minimum absolute atomic E-state index is 0.124. The van der Waals surface area contributed by atoms with Crippen molar-refractivity contribution in [2.75, 3.05) is 0 Å². The number of aliphatic imine (C=N–C) groups is 1. The zero-order valence-electron chi connectivity index (χ0n) is 5.60. The van der Waals surface area contributed by atoms with E-state index in [9.17, 15) is 0 Å². The molecule has 0 bridgehead atoms. The fourth-order valence-corrected chi connectivity index (χ4v) is 0.911. The van der Waals surface area contributed by atoms with Crippen LogP contribution in [0.5, 0.6) is 0 Å². The summed E-state index contributed by atoms with van der Waals surface area (Å²) in [7, 11) is 0. The first-order valence-corrected chi connectivity index (χ1v) is 2.92. The summed E-state index contributed by atoms with van der Waals surface area (Å²) in [6.07, 6.45) is 2.27. The second-order valence-corrected chi connectivity index (χ2v) is 2.82. The van der Waals surface area contributed by atoms with E-state index in [4.69, 9.17) is 0 Å². The lowest BCUT2D eigenvalue weighted by atomic mass is 10.1. The number of hydrogen-bond donors (Lipinski definition) is 1. The van der Waals surface area contributed by atoms with Crippen LogP contribution in [0.1, 0.15) is 20.8 Å². The Hall–Kier alpha value is -0.370. The molecule has 0 spiro atoms. The van der Waals surface area contributed by atoms with Crippen molar-refractivity contribution in [1.29, 1.82) is 0 Å². The van der Waals surface area contributed by atoms with E-state index in [0.717, 1.165) is 0 Å². The molecule has 0 aromatic heterocycles. The predicted octanol–water partition coefficient (Wildman–Crippen LogP) is 0.785. The van der Waals surface area contributed by atoms with Gasteiger partial charge in [0, 0.05) is 11.8 Å². The van der Waals surface area contributed by atoms with Crippen molar-refractivity contribution in [3.8, 4) is 0 Å². The van der Waals surface area contributed by atoms with Crippen molar-refractivity contribution in [3.05, 3.63) is 0 Å². The first-order chi connectivity index (χ1) is 3.60. The third kappa shape index (κ3) is 1.07. The molecule has 46 valence electrons. The van der Waals surface area contributed by atoms with Gasteiger partial charge in [0.25, 0.3) is 0 Å². The average Bonchev–Trinajstić information content (AvgIpc) is 1.82. The molecule has 0 aromatic carbocycles. The van der Waals surface area contributed by atoms with Gasteiger partial charge < -0.3 is 0 Å². The Labute approximate surface area is 50.0 Å². The van der Waals surface area contributed by atoms with E-state index in [1.165, 1.54) is 0 Å². The molecule has 2 heteroatoms. The number of nitrogens with one attached hydrogen (secondary N) is 1. The zero-order chi connectivity index (χ0) is 6.20. The van der Waals surface area contributed by atoms with Crippen LogP contribution in [-0.4, -0.2) is 17.9 Å². The van der Waals surface area contributed by atoms with Crippen LogP contribution >= 0.6 is 0 Å². The molecule has 2 nitrogen and oxygen atoms in total. The van der Waals surface area contributed by atoms with E-state index < -0.39 is 0 Å². The summed E-state index contributed by atoms with van der Waals surface area (Å²) in [4.78, 5) is 4.15. The highest BCUT2D eigenvalue weighted by Crippen LogP contribution is 2.06. The second-order valence-electron chi connectivity index (χ2n) is 2.82. The van der Waals surface area contributed by atoms with Gasteiger partial charge in [-0.05, 0) is 20.8 Å². The highest BCUT2D eigenvalue weighted by Gasteiger charge is 2.21. The van der Waals surface area contributed by atoms with Crippen LogP contribution < -0.4 is 5.32 Å². The molecule has 0 fully saturated rings. The SMILES string of the molecule is CC1N=CC(C)(C)N1. The monoisotopic (exact) mass is 112 g/mol. The second kappa shape index (κ2) is 1.55. The largest absolute Gasteiger partial charge is 0.286 e. The van der Waals surface area contributed by atoms with Gasteiger partial charge in [0.15, 0.2) is 0 Å². The first kappa shape index (κ1) is 5.76. The smallest absolute Gasteiger partial charge is 0.0969 e. The molecule has 1 N–H and O–H groups in total. The van der Waals surface area contributed by atoms with E-state index in [0.29, 0.717) is 6.17 Å². The maximum absolute atomic E-state index is 4.15. The maximum Gasteiger partial charge on any atom is 0.0969 e. The topological polar surface area (TPSA) is 24.4 Å². The van der Waals surface area contributed by atoms with Gasteiger partial charge in [-0.2, -0.15) is 0 Å². The van der Waals surface area contributed by atoms with Crippen molar-refractivity contribution in [2.24, 2.45) is 4.99 Å². The Morgan fingerprint density at radius 3 is 2.38 bits per heavy atom. The summed E-state index contributed by atoms with van der Waals surface area (Å²) in [6, 6.07) is 0. The molecule has 0 aromatic rings. The fraction of sp³-hybridized carbons (Fsp3) is 0.833. The summed E-state index contributed by atoms with van der Waals surface area (Å²) in [5, 5.41) is 3.27. The summed E-state index contributed by atoms with van der Waals surface area (Å²) >= 11 is 0. The number of nitrogens with zero attached hydrogens (tertiary/aromatic N) is 1. The highest BCUT2D eigenvalue weighted by molar-refractivity contribution is 5.71. The number of hydrogen-bond acceptors (Lipinski definition) is 2. The van der Waals surface area contributed by atoms with Crippen LogP contribution in [0, 0.1) is 0 Å². The molecule has 1 unspecified atom stereocenters. The van der Waals surface area contributed by atoms with Gasteiger partial charge in [-0.25, -0.2) is 0 Å². The van der Waals surface area contributed by atoms with Gasteiger partial charge in [0.05, 0.1) is 6.17 Å². The van der Waals surface area contributed by atoms with Crippen LogP contribution in [0.2, 0.25) is 0 Å². The fourth-order valence-electron chi connectivity index (χ4n) is 0.911. The van der Waals surface area contributed by atoms with Crippen LogP contribution in [0.4, 0.5) is 0 Å². The van der Waals surface area contributed by atoms with Crippen molar-refractivity contribution < 1.29 is 0 Å². The minimum atomic E-state index is 0.124. The van der Waals surface area contributed by atoms with Crippen LogP contribution in [0.3, 0.4) is 0 Å². The lowest BCUT2D eigenvalue weighted by Crippen LogP contribution is -2.38. The van der Waals surface area contributed by atoms with E-state index >= 15 is 0 Å². The van der Waals surface area contributed by atoms with Gasteiger partial charge in [-0.1, -0.05) is 0 Å². The third-order valence-electron chi connectivity index (χ3n) is 1.20. The van der Waals surface area contributed by atoms with Gasteiger partial charge >= 0.3 is 0 Å². The Bertz CT molecular complexity index is 116. The molecule has 8 heavy (non-hydrogen) atoms. The minimum Gasteiger partial charge on any atom is -0.286 e. The van der Waals surface area contributed by atoms with E-state index in [1.807, 2.05) is 13.1 Å². The van der Waals surface area contributed by atoms with Gasteiger partial charge in [-0.15, -0.1) is 0 Å². The van der Waals surface area contributed by atoms with Gasteiger partial charge in [-0.3, -0.25) is 10.3 Å². The molecule has 0 saturated carbocycles. The van der Waals surface area contributed by atoms with E-state index in [2.05, 4.69) is 24.2 Å². The van der Waals surface area contributed by atoms with Crippen LogP contribution in [-0.2, 0) is 0 Å². The molecule has 1 aliphatic heterocycles. The Morgan fingerprint density at radius 1 is 1.62 bits per heavy atom. The lowest BCUT2D eigenvalue weighted by molar-refractivity contribution is 0.489. The summed E-state index contributed by atoms with van der Waals surface area (Å²) in [6.45, 7) is 6.27. The lowest BCUT2D eigenvalue weighted by Gasteiger charge is -2.15. The summed E-state index contributed by atoms with van der Waals surface area (Å²) in [5.74, 6) is 0. The van der Waals surface area contributed by atoms with E-state index in [-0.39, 0.29) is 5.54 Å². The van der Waals surface area contributed by atoms with Crippen molar-refractivity contribution in [2.45, 2.75) is 32.5 Å². The normalized spacial score (nSPS) is 33.6. The van der Waals surface area contributed by atoms with Gasteiger partial charge in [0.1, 0.15) is 0 Å². The van der Waals surface area contributed by atoms with E-state index in [1.54, 1.807) is 0 Å². The Kier molecular flexibility index (Phi) is 1.12. The number of rotatable bonds is 0. The molecule has 0 radical (unpaired) electrons. The molecule has 1 aliphatic rings.